The Morgan fingerprint density at radius 3 is 3.00 bits per heavy atom. The van der Waals surface area contributed by atoms with Gasteiger partial charge in [0.25, 0.3) is 0 Å². The molecule has 0 radical (unpaired) electrons. The van der Waals surface area contributed by atoms with Crippen molar-refractivity contribution in [1.82, 2.24) is 19.5 Å². The van der Waals surface area contributed by atoms with Gasteiger partial charge in [-0.3, -0.25) is 4.90 Å². The Hall–Kier alpha value is -1.95. The number of carbonyl (C=O) groups excluding carboxylic acids is 1. The number of hydrogen-bond acceptors (Lipinski definition) is 5. The zero-order chi connectivity index (χ0) is 14.1. The van der Waals surface area contributed by atoms with Gasteiger partial charge in [0.2, 0.25) is 0 Å². The Morgan fingerprint density at radius 1 is 1.40 bits per heavy atom. The van der Waals surface area contributed by atoms with Crippen molar-refractivity contribution in [2.45, 2.75) is 25.3 Å². The Bertz CT molecular complexity index is 637. The number of aromatic nitrogens is 3. The van der Waals surface area contributed by atoms with Gasteiger partial charge in [0, 0.05) is 0 Å². The highest BCUT2D eigenvalue weighted by molar-refractivity contribution is 5.88. The van der Waals surface area contributed by atoms with Crippen LogP contribution in [0.5, 0.6) is 0 Å². The third-order valence-electron chi connectivity index (χ3n) is 3.84. The van der Waals surface area contributed by atoms with Gasteiger partial charge >= 0.3 is 5.97 Å². The summed E-state index contributed by atoms with van der Waals surface area (Å²) in [4.78, 5) is 18.6. The number of methoxy groups -OCH3 is 1. The van der Waals surface area contributed by atoms with Crippen LogP contribution in [0.15, 0.2) is 18.2 Å². The molecule has 1 fully saturated rings. The highest BCUT2D eigenvalue weighted by Crippen LogP contribution is 2.27. The number of piperidine rings is 1. The van der Waals surface area contributed by atoms with Crippen LogP contribution in [-0.4, -0.2) is 46.2 Å². The molecule has 0 aliphatic carbocycles. The van der Waals surface area contributed by atoms with E-state index in [2.05, 4.69) is 22.0 Å². The molecule has 1 unspecified atom stereocenters. The number of nitrogens with zero attached hydrogens (tertiary/aromatic N) is 4. The van der Waals surface area contributed by atoms with Crippen molar-refractivity contribution in [2.24, 2.45) is 0 Å². The molecule has 1 atom stereocenters. The Labute approximate surface area is 117 Å². The Balaban J connectivity index is 2.04. The molecule has 3 heterocycles. The molecule has 106 valence electrons. The van der Waals surface area contributed by atoms with E-state index in [9.17, 15) is 4.79 Å². The van der Waals surface area contributed by atoms with Gasteiger partial charge in [-0.15, -0.1) is 5.10 Å². The van der Waals surface area contributed by atoms with Crippen molar-refractivity contribution in [3.05, 3.63) is 29.7 Å². The van der Waals surface area contributed by atoms with Crippen LogP contribution in [0.3, 0.4) is 0 Å². The first kappa shape index (κ1) is 13.1. The number of ether oxygens (including phenoxy) is 1. The predicted octanol–water partition coefficient (Wildman–Crippen LogP) is 1.67. The van der Waals surface area contributed by atoms with Crippen molar-refractivity contribution in [3.63, 3.8) is 0 Å². The number of hydrogen-bond donors (Lipinski definition) is 0. The van der Waals surface area contributed by atoms with Gasteiger partial charge < -0.3 is 4.74 Å². The van der Waals surface area contributed by atoms with Gasteiger partial charge in [0.1, 0.15) is 0 Å². The fourth-order valence-corrected chi connectivity index (χ4v) is 2.72. The van der Waals surface area contributed by atoms with Crippen LogP contribution in [0.2, 0.25) is 0 Å². The molecule has 20 heavy (non-hydrogen) atoms. The summed E-state index contributed by atoms with van der Waals surface area (Å²) < 4.78 is 6.36. The van der Waals surface area contributed by atoms with Crippen molar-refractivity contribution < 1.29 is 9.53 Å². The lowest BCUT2D eigenvalue weighted by atomic mass is 10.0. The normalized spacial score (nSPS) is 20.2. The zero-order valence-electron chi connectivity index (χ0n) is 11.7. The number of fused-ring (bicyclic) bond motifs is 1. The van der Waals surface area contributed by atoms with Crippen molar-refractivity contribution in [3.8, 4) is 0 Å². The van der Waals surface area contributed by atoms with Crippen LogP contribution in [-0.2, 0) is 4.74 Å². The fourth-order valence-electron chi connectivity index (χ4n) is 2.72. The van der Waals surface area contributed by atoms with E-state index in [1.807, 2.05) is 6.07 Å². The summed E-state index contributed by atoms with van der Waals surface area (Å²) in [7, 11) is 3.46. The molecule has 2 aromatic heterocycles. The molecule has 3 rings (SSSR count). The maximum absolute atomic E-state index is 11.8. The van der Waals surface area contributed by atoms with Crippen molar-refractivity contribution >= 4 is 11.6 Å². The van der Waals surface area contributed by atoms with Crippen LogP contribution in [0, 0.1) is 0 Å². The summed E-state index contributed by atoms with van der Waals surface area (Å²) in [5.41, 5.74) is 1.09. The molecule has 0 spiro atoms. The minimum Gasteiger partial charge on any atom is -0.464 e. The molecule has 0 N–H and O–H groups in total. The van der Waals surface area contributed by atoms with Crippen molar-refractivity contribution in [1.29, 1.82) is 0 Å². The molecule has 1 aliphatic heterocycles. The topological polar surface area (TPSA) is 59.7 Å². The molecule has 0 aromatic carbocycles. The van der Waals surface area contributed by atoms with E-state index < -0.39 is 5.97 Å². The summed E-state index contributed by atoms with van der Waals surface area (Å²) in [6.07, 6.45) is 3.46. The summed E-state index contributed by atoms with van der Waals surface area (Å²) >= 11 is 0. The van der Waals surface area contributed by atoms with Crippen LogP contribution < -0.4 is 0 Å². The number of carbonyl (C=O) groups is 1. The van der Waals surface area contributed by atoms with Crippen LogP contribution in [0.25, 0.3) is 5.65 Å². The minimum absolute atomic E-state index is 0.231. The SMILES string of the molecule is COC(=O)c1cccc2nc(C3CCCCN3C)nn12. The second kappa shape index (κ2) is 5.20. The van der Waals surface area contributed by atoms with E-state index in [1.165, 1.54) is 20.0 Å². The summed E-state index contributed by atoms with van der Waals surface area (Å²) in [6.45, 7) is 1.06. The first-order valence-corrected chi connectivity index (χ1v) is 6.85. The third-order valence-corrected chi connectivity index (χ3v) is 3.84. The van der Waals surface area contributed by atoms with Crippen LogP contribution >= 0.6 is 0 Å². The first-order chi connectivity index (χ1) is 9.70. The second-order valence-corrected chi connectivity index (χ2v) is 5.13. The molecular weight excluding hydrogens is 256 g/mol. The predicted molar refractivity (Wildman–Crippen MR) is 73.5 cm³/mol. The summed E-state index contributed by atoms with van der Waals surface area (Å²) in [5.74, 6) is 0.382. The number of likely N-dealkylation sites (tertiary alicyclic amines) is 1. The molecule has 6 heteroatoms. The van der Waals surface area contributed by atoms with Gasteiger partial charge in [0.05, 0.1) is 13.2 Å². The largest absolute Gasteiger partial charge is 0.464 e. The maximum Gasteiger partial charge on any atom is 0.356 e. The average molecular weight is 274 g/mol. The van der Waals surface area contributed by atoms with E-state index >= 15 is 0 Å². The van der Waals surface area contributed by atoms with Gasteiger partial charge in [0.15, 0.2) is 17.2 Å². The lowest BCUT2D eigenvalue weighted by molar-refractivity contribution is 0.0590. The standard InChI is InChI=1S/C14H18N4O2/c1-17-9-4-3-6-10(17)13-15-12-8-5-7-11(14(19)20-2)18(12)16-13/h5,7-8,10H,3-4,6,9H2,1-2H3. The van der Waals surface area contributed by atoms with E-state index in [4.69, 9.17) is 4.74 Å². The highest BCUT2D eigenvalue weighted by atomic mass is 16.5. The summed E-state index contributed by atoms with van der Waals surface area (Å²) in [6, 6.07) is 5.58. The fraction of sp³-hybridized carbons (Fsp3) is 0.500. The third kappa shape index (κ3) is 2.16. The quantitative estimate of drug-likeness (QED) is 0.780. The lowest BCUT2D eigenvalue weighted by Crippen LogP contribution is -2.30. The number of rotatable bonds is 2. The van der Waals surface area contributed by atoms with Crippen molar-refractivity contribution in [2.75, 3.05) is 20.7 Å². The monoisotopic (exact) mass is 274 g/mol. The minimum atomic E-state index is -0.399. The van der Waals surface area contributed by atoms with E-state index in [1.54, 1.807) is 16.6 Å². The highest BCUT2D eigenvalue weighted by Gasteiger charge is 2.25. The second-order valence-electron chi connectivity index (χ2n) is 5.13. The van der Waals surface area contributed by atoms with Gasteiger partial charge in [-0.25, -0.2) is 14.3 Å². The Kier molecular flexibility index (Phi) is 3.40. The van der Waals surface area contributed by atoms with E-state index in [0.717, 1.165) is 18.8 Å². The molecule has 1 aliphatic rings. The summed E-state index contributed by atoms with van der Waals surface area (Å²) in [5, 5.41) is 4.52. The smallest absolute Gasteiger partial charge is 0.356 e. The van der Waals surface area contributed by atoms with E-state index in [-0.39, 0.29) is 6.04 Å². The maximum atomic E-state index is 11.8. The molecule has 2 aromatic rings. The number of esters is 1. The zero-order valence-corrected chi connectivity index (χ0v) is 11.7. The molecule has 1 saturated heterocycles. The molecule has 0 saturated carbocycles. The Morgan fingerprint density at radius 2 is 2.25 bits per heavy atom. The van der Waals surface area contributed by atoms with Gasteiger partial charge in [-0.05, 0) is 38.6 Å². The van der Waals surface area contributed by atoms with Crippen LogP contribution in [0.1, 0.15) is 41.6 Å². The van der Waals surface area contributed by atoms with Crippen LogP contribution in [0.4, 0.5) is 0 Å². The first-order valence-electron chi connectivity index (χ1n) is 6.85. The average Bonchev–Trinajstić information content (AvgIpc) is 2.90. The number of pyridine rings is 1. The van der Waals surface area contributed by atoms with E-state index in [0.29, 0.717) is 11.3 Å². The molecule has 0 bridgehead atoms. The molecular formula is C14H18N4O2. The molecule has 0 amide bonds. The molecule has 6 nitrogen and oxygen atoms in total. The van der Waals surface area contributed by atoms with Gasteiger partial charge in [-0.2, -0.15) is 0 Å². The van der Waals surface area contributed by atoms with Gasteiger partial charge in [-0.1, -0.05) is 12.5 Å². The lowest BCUT2D eigenvalue weighted by Gasteiger charge is -2.30.